The highest BCUT2D eigenvalue weighted by Crippen LogP contribution is 2.20. The molecule has 0 bridgehead atoms. The summed E-state index contributed by atoms with van der Waals surface area (Å²) in [7, 11) is 0. The van der Waals surface area contributed by atoms with E-state index in [-0.39, 0.29) is 18.5 Å². The van der Waals surface area contributed by atoms with Crippen molar-refractivity contribution < 1.29 is 24.5 Å². The fourth-order valence-electron chi connectivity index (χ4n) is 12.9. The Morgan fingerprint density at radius 3 is 0.851 bits per heavy atom. The average Bonchev–Trinajstić information content (AvgIpc) is 3.54. The Balaban J connectivity index is 3.35. The van der Waals surface area contributed by atoms with Crippen LogP contribution in [0, 0.1) is 0 Å². The number of ether oxygens (including phenoxy) is 1. The number of aliphatic hydroxyl groups excluding tert-OH is 2. The molecule has 0 aromatic heterocycles. The summed E-state index contributed by atoms with van der Waals surface area (Å²) in [4.78, 5) is 24.6. The first-order valence-electron chi connectivity index (χ1n) is 40.1. The van der Waals surface area contributed by atoms with Crippen molar-refractivity contribution in [3.05, 3.63) is 24.3 Å². The molecule has 2 atom stereocenters. The van der Waals surface area contributed by atoms with Gasteiger partial charge in [0.15, 0.2) is 0 Å². The molecule has 516 valence electrons. The summed E-state index contributed by atoms with van der Waals surface area (Å²) < 4.78 is 5.47. The van der Waals surface area contributed by atoms with Crippen LogP contribution in [-0.2, 0) is 14.3 Å². The lowest BCUT2D eigenvalue weighted by molar-refractivity contribution is -0.143. The quantitative estimate of drug-likeness (QED) is 0.0320. The average molecular weight is 1230 g/mol. The molecule has 2 unspecified atom stereocenters. The summed E-state index contributed by atoms with van der Waals surface area (Å²) in [6.07, 6.45) is 98.5. The van der Waals surface area contributed by atoms with Gasteiger partial charge in [0.25, 0.3) is 0 Å². The number of rotatable bonds is 76. The van der Waals surface area contributed by atoms with Crippen LogP contribution in [0.4, 0.5) is 0 Å². The number of esters is 1. The summed E-state index contributed by atoms with van der Waals surface area (Å²) in [5, 5.41) is 23.5. The molecule has 87 heavy (non-hydrogen) atoms. The molecule has 0 rings (SSSR count). The zero-order valence-corrected chi connectivity index (χ0v) is 59.3. The van der Waals surface area contributed by atoms with Crippen LogP contribution in [0.1, 0.15) is 457 Å². The minimum absolute atomic E-state index is 0.00989. The first-order valence-corrected chi connectivity index (χ1v) is 40.1. The van der Waals surface area contributed by atoms with Gasteiger partial charge in [-0.25, -0.2) is 0 Å². The van der Waals surface area contributed by atoms with Crippen molar-refractivity contribution in [1.82, 2.24) is 5.32 Å². The molecule has 0 heterocycles. The molecule has 0 radical (unpaired) electrons. The van der Waals surface area contributed by atoms with Crippen molar-refractivity contribution in [2.45, 2.75) is 469 Å². The van der Waals surface area contributed by atoms with Gasteiger partial charge in [0.2, 0.25) is 5.91 Å². The van der Waals surface area contributed by atoms with Gasteiger partial charge in [0.05, 0.1) is 25.4 Å². The molecule has 0 aliphatic carbocycles. The van der Waals surface area contributed by atoms with Crippen LogP contribution < -0.4 is 5.32 Å². The van der Waals surface area contributed by atoms with Crippen LogP contribution in [0.15, 0.2) is 24.3 Å². The van der Waals surface area contributed by atoms with Gasteiger partial charge in [0.1, 0.15) is 0 Å². The van der Waals surface area contributed by atoms with Gasteiger partial charge >= 0.3 is 5.97 Å². The second kappa shape index (κ2) is 76.8. The number of nitrogens with one attached hydrogen (secondary N) is 1. The molecule has 0 fully saturated rings. The Morgan fingerprint density at radius 1 is 0.310 bits per heavy atom. The molecule has 6 heteroatoms. The van der Waals surface area contributed by atoms with E-state index < -0.39 is 12.1 Å². The van der Waals surface area contributed by atoms with Gasteiger partial charge < -0.3 is 20.3 Å². The number of hydrogen-bond acceptors (Lipinski definition) is 5. The monoisotopic (exact) mass is 1220 g/mol. The van der Waals surface area contributed by atoms with Crippen LogP contribution in [0.5, 0.6) is 0 Å². The largest absolute Gasteiger partial charge is 0.466 e. The molecule has 0 aliphatic heterocycles. The van der Waals surface area contributed by atoms with Gasteiger partial charge in [-0.2, -0.15) is 0 Å². The fourth-order valence-corrected chi connectivity index (χ4v) is 12.9. The maximum atomic E-state index is 12.6. The second-order valence-corrected chi connectivity index (χ2v) is 27.7. The smallest absolute Gasteiger partial charge is 0.305 e. The maximum Gasteiger partial charge on any atom is 0.305 e. The van der Waals surface area contributed by atoms with Crippen molar-refractivity contribution in [1.29, 1.82) is 0 Å². The molecular weight excluding hydrogens is 1070 g/mol. The van der Waals surface area contributed by atoms with Crippen molar-refractivity contribution in [2.24, 2.45) is 0 Å². The maximum absolute atomic E-state index is 12.6. The third-order valence-electron chi connectivity index (χ3n) is 19.0. The SMILES string of the molecule is CCCC/C=C\CCCCCCCC(=O)OCCCCCCCCCCCCCCCC/C=C\CCCCCCCCCCCCCCCCCCCC(=O)NC(CO)C(O)CCCCCCCCCCCCCCCCCCCCCCCCCC. The zero-order chi connectivity index (χ0) is 62.8. The Bertz CT molecular complexity index is 1360. The molecule has 0 spiro atoms. The number of allylic oxidation sites excluding steroid dienone is 4. The highest BCUT2D eigenvalue weighted by atomic mass is 16.5. The van der Waals surface area contributed by atoms with Crippen LogP contribution in [0.2, 0.25) is 0 Å². The van der Waals surface area contributed by atoms with Crippen molar-refractivity contribution >= 4 is 11.9 Å². The second-order valence-electron chi connectivity index (χ2n) is 27.7. The van der Waals surface area contributed by atoms with E-state index in [1.54, 1.807) is 0 Å². The van der Waals surface area contributed by atoms with Crippen molar-refractivity contribution in [2.75, 3.05) is 13.2 Å². The van der Waals surface area contributed by atoms with E-state index in [0.29, 0.717) is 25.9 Å². The molecule has 0 saturated heterocycles. The van der Waals surface area contributed by atoms with Crippen LogP contribution >= 0.6 is 0 Å². The molecular formula is C81H157NO5. The van der Waals surface area contributed by atoms with E-state index in [4.69, 9.17) is 4.74 Å². The van der Waals surface area contributed by atoms with Crippen LogP contribution in [-0.4, -0.2) is 47.4 Å². The molecule has 0 aromatic rings. The Labute approximate surface area is 545 Å². The number of carbonyl (C=O) groups is 2. The van der Waals surface area contributed by atoms with Crippen molar-refractivity contribution in [3.8, 4) is 0 Å². The molecule has 3 N–H and O–H groups in total. The number of aliphatic hydroxyl groups is 2. The lowest BCUT2D eigenvalue weighted by Gasteiger charge is -2.22. The van der Waals surface area contributed by atoms with E-state index in [1.807, 2.05) is 0 Å². The van der Waals surface area contributed by atoms with Gasteiger partial charge in [0, 0.05) is 12.8 Å². The van der Waals surface area contributed by atoms with E-state index in [0.717, 1.165) is 44.9 Å². The number of amides is 1. The first kappa shape index (κ1) is 85.3. The summed E-state index contributed by atoms with van der Waals surface area (Å²) in [5.74, 6) is -0.0156. The Kier molecular flexibility index (Phi) is 75.3. The molecule has 1 amide bonds. The Morgan fingerprint density at radius 2 is 0.552 bits per heavy atom. The van der Waals surface area contributed by atoms with Gasteiger partial charge in [-0.15, -0.1) is 0 Å². The lowest BCUT2D eigenvalue weighted by Crippen LogP contribution is -2.45. The third-order valence-corrected chi connectivity index (χ3v) is 19.0. The molecule has 6 nitrogen and oxygen atoms in total. The summed E-state index contributed by atoms with van der Waals surface area (Å²) >= 11 is 0. The standard InChI is InChI=1S/C81H157NO5/c1-3-5-7-9-11-13-15-16-17-18-19-20-21-35-38-41-44-47-50-54-57-61-65-69-73-79(84)78(77-83)82-80(85)74-70-66-62-58-55-51-48-45-42-39-36-33-31-29-27-25-23-22-24-26-28-30-32-34-37-40-43-46-49-52-56-60-64-68-72-76-87-81(86)75-71-67-63-59-53-14-12-10-8-6-4-2/h10,12,24,26,78-79,83-84H,3-9,11,13-23,25,27-77H2,1-2H3,(H,82,85)/b12-10-,26-24-. The van der Waals surface area contributed by atoms with Gasteiger partial charge in [-0.1, -0.05) is 398 Å². The normalized spacial score (nSPS) is 12.6. The summed E-state index contributed by atoms with van der Waals surface area (Å²) in [5.41, 5.74) is 0. The zero-order valence-electron chi connectivity index (χ0n) is 59.3. The minimum Gasteiger partial charge on any atom is -0.466 e. The topological polar surface area (TPSA) is 95.9 Å². The van der Waals surface area contributed by atoms with Crippen LogP contribution in [0.3, 0.4) is 0 Å². The number of carbonyl (C=O) groups excluding carboxylic acids is 2. The molecule has 0 saturated carbocycles. The first-order chi connectivity index (χ1) is 43.0. The molecule has 0 aliphatic rings. The van der Waals surface area contributed by atoms with Crippen molar-refractivity contribution in [3.63, 3.8) is 0 Å². The summed E-state index contributed by atoms with van der Waals surface area (Å²) in [6, 6.07) is -0.540. The van der Waals surface area contributed by atoms with E-state index >= 15 is 0 Å². The summed E-state index contributed by atoms with van der Waals surface area (Å²) in [6.45, 7) is 4.97. The van der Waals surface area contributed by atoms with E-state index in [1.165, 1.54) is 379 Å². The third kappa shape index (κ3) is 73.3. The lowest BCUT2D eigenvalue weighted by atomic mass is 10.0. The van der Waals surface area contributed by atoms with E-state index in [2.05, 4.69) is 43.5 Å². The predicted octanol–water partition coefficient (Wildman–Crippen LogP) is 26.4. The van der Waals surface area contributed by atoms with Crippen LogP contribution in [0.25, 0.3) is 0 Å². The predicted molar refractivity (Wildman–Crippen MR) is 384 cm³/mol. The van der Waals surface area contributed by atoms with Gasteiger partial charge in [-0.05, 0) is 70.6 Å². The van der Waals surface area contributed by atoms with Gasteiger partial charge in [-0.3, -0.25) is 9.59 Å². The fraction of sp³-hybridized carbons (Fsp3) is 0.926. The number of hydrogen-bond donors (Lipinski definition) is 3. The Hall–Kier alpha value is -1.66. The number of unbranched alkanes of at least 4 members (excludes halogenated alkanes) is 61. The minimum atomic E-state index is -0.663. The molecule has 0 aromatic carbocycles. The highest BCUT2D eigenvalue weighted by Gasteiger charge is 2.20. The highest BCUT2D eigenvalue weighted by molar-refractivity contribution is 5.76. The van der Waals surface area contributed by atoms with E-state index in [9.17, 15) is 19.8 Å².